The van der Waals surface area contributed by atoms with Gasteiger partial charge in [0.1, 0.15) is 0 Å². The number of imidazole rings is 1. The zero-order valence-corrected chi connectivity index (χ0v) is 15.5. The fraction of sp³-hybridized carbons (Fsp3) is 0.471. The quantitative estimate of drug-likeness (QED) is 0.619. The summed E-state index contributed by atoms with van der Waals surface area (Å²) in [7, 11) is 0. The molecule has 0 fully saturated rings. The van der Waals surface area contributed by atoms with E-state index in [1.807, 2.05) is 10.8 Å². The Kier molecular flexibility index (Phi) is 5.61. The van der Waals surface area contributed by atoms with E-state index in [4.69, 9.17) is 0 Å². The largest absolute Gasteiger partial charge is 0.453 e. The molecule has 28 heavy (non-hydrogen) atoms. The third-order valence-electron chi connectivity index (χ3n) is 4.38. The summed E-state index contributed by atoms with van der Waals surface area (Å²) in [5.41, 5.74) is 1.73. The SMILES string of the molecule is Cc1nc2nc(C(F)(F)F)nn2c(C)c1CCC(=O)NCCCn1ccnc1. The molecule has 0 unspecified atom stereocenters. The van der Waals surface area contributed by atoms with E-state index in [9.17, 15) is 18.0 Å². The van der Waals surface area contributed by atoms with E-state index in [0.717, 1.165) is 17.5 Å². The van der Waals surface area contributed by atoms with Crippen molar-refractivity contribution < 1.29 is 18.0 Å². The maximum Gasteiger partial charge on any atom is 0.453 e. The number of fused-ring (bicyclic) bond motifs is 1. The lowest BCUT2D eigenvalue weighted by atomic mass is 10.1. The molecule has 0 aliphatic rings. The summed E-state index contributed by atoms with van der Waals surface area (Å²) >= 11 is 0. The molecule has 0 atom stereocenters. The van der Waals surface area contributed by atoms with Crippen molar-refractivity contribution in [2.24, 2.45) is 0 Å². The number of nitrogens with zero attached hydrogens (tertiary/aromatic N) is 6. The second-order valence-electron chi connectivity index (χ2n) is 6.41. The number of nitrogens with one attached hydrogen (secondary N) is 1. The maximum absolute atomic E-state index is 12.8. The summed E-state index contributed by atoms with van der Waals surface area (Å²) in [6.45, 7) is 4.62. The Morgan fingerprint density at radius 1 is 1.25 bits per heavy atom. The molecule has 0 spiro atoms. The lowest BCUT2D eigenvalue weighted by Gasteiger charge is -2.10. The molecule has 3 aromatic heterocycles. The minimum atomic E-state index is -4.63. The first-order chi connectivity index (χ1) is 13.3. The molecular weight excluding hydrogens is 375 g/mol. The highest BCUT2D eigenvalue weighted by molar-refractivity contribution is 5.76. The molecule has 0 aliphatic heterocycles. The minimum Gasteiger partial charge on any atom is -0.356 e. The van der Waals surface area contributed by atoms with Crippen molar-refractivity contribution in [2.45, 2.75) is 45.8 Å². The average molecular weight is 395 g/mol. The van der Waals surface area contributed by atoms with Gasteiger partial charge in [0, 0.05) is 43.3 Å². The lowest BCUT2D eigenvalue weighted by Crippen LogP contribution is -2.25. The van der Waals surface area contributed by atoms with Gasteiger partial charge in [-0.05, 0) is 32.3 Å². The average Bonchev–Trinajstić information content (AvgIpc) is 3.27. The van der Waals surface area contributed by atoms with Gasteiger partial charge in [-0.25, -0.2) is 14.5 Å². The number of aryl methyl sites for hydroxylation is 3. The van der Waals surface area contributed by atoms with Crippen LogP contribution in [0.2, 0.25) is 0 Å². The first-order valence-corrected chi connectivity index (χ1v) is 8.78. The Bertz CT molecular complexity index is 963. The fourth-order valence-electron chi connectivity index (χ4n) is 2.93. The molecule has 0 aliphatic carbocycles. The van der Waals surface area contributed by atoms with E-state index in [-0.39, 0.29) is 18.1 Å². The van der Waals surface area contributed by atoms with E-state index in [1.165, 1.54) is 0 Å². The first kappa shape index (κ1) is 19.8. The van der Waals surface area contributed by atoms with Gasteiger partial charge < -0.3 is 9.88 Å². The van der Waals surface area contributed by atoms with Crippen LogP contribution in [0.1, 0.15) is 35.6 Å². The summed E-state index contributed by atoms with van der Waals surface area (Å²) in [5.74, 6) is -1.45. The van der Waals surface area contributed by atoms with Gasteiger partial charge in [-0.1, -0.05) is 0 Å². The van der Waals surface area contributed by atoms with Gasteiger partial charge in [0.2, 0.25) is 5.91 Å². The van der Waals surface area contributed by atoms with Crippen LogP contribution in [-0.4, -0.2) is 41.6 Å². The van der Waals surface area contributed by atoms with E-state index < -0.39 is 12.0 Å². The van der Waals surface area contributed by atoms with E-state index in [0.29, 0.717) is 29.9 Å². The molecule has 150 valence electrons. The Morgan fingerprint density at radius 3 is 2.71 bits per heavy atom. The van der Waals surface area contributed by atoms with Gasteiger partial charge in [0.15, 0.2) is 0 Å². The number of carbonyl (C=O) groups excluding carboxylic acids is 1. The molecule has 8 nitrogen and oxygen atoms in total. The summed E-state index contributed by atoms with van der Waals surface area (Å²) in [4.78, 5) is 23.6. The van der Waals surface area contributed by atoms with Crippen LogP contribution < -0.4 is 5.32 Å². The summed E-state index contributed by atoms with van der Waals surface area (Å²) in [6.07, 6.45) is 1.96. The molecule has 0 bridgehead atoms. The predicted molar refractivity (Wildman–Crippen MR) is 93.4 cm³/mol. The zero-order valence-electron chi connectivity index (χ0n) is 15.5. The molecule has 11 heteroatoms. The monoisotopic (exact) mass is 395 g/mol. The van der Waals surface area contributed by atoms with Gasteiger partial charge in [0.05, 0.1) is 6.33 Å². The van der Waals surface area contributed by atoms with Gasteiger partial charge in [-0.3, -0.25) is 4.79 Å². The van der Waals surface area contributed by atoms with Gasteiger partial charge in [-0.2, -0.15) is 18.2 Å². The van der Waals surface area contributed by atoms with Crippen molar-refractivity contribution >= 4 is 11.7 Å². The Morgan fingerprint density at radius 2 is 2.04 bits per heavy atom. The molecular formula is C17H20F3N7O. The summed E-state index contributed by atoms with van der Waals surface area (Å²) in [5, 5.41) is 6.35. The number of alkyl halides is 3. The number of amides is 1. The van der Waals surface area contributed by atoms with E-state index >= 15 is 0 Å². The normalized spacial score (nSPS) is 11.9. The van der Waals surface area contributed by atoms with Crippen molar-refractivity contribution in [2.75, 3.05) is 6.54 Å². The van der Waals surface area contributed by atoms with Crippen molar-refractivity contribution in [3.63, 3.8) is 0 Å². The van der Waals surface area contributed by atoms with Crippen molar-refractivity contribution in [3.8, 4) is 0 Å². The van der Waals surface area contributed by atoms with Crippen LogP contribution in [0.4, 0.5) is 13.2 Å². The van der Waals surface area contributed by atoms with Crippen LogP contribution in [0.25, 0.3) is 5.78 Å². The minimum absolute atomic E-state index is 0.102. The smallest absolute Gasteiger partial charge is 0.356 e. The molecule has 3 aromatic rings. The van der Waals surface area contributed by atoms with E-state index in [2.05, 4.69) is 25.4 Å². The highest BCUT2D eigenvalue weighted by Gasteiger charge is 2.36. The highest BCUT2D eigenvalue weighted by atomic mass is 19.4. The molecule has 0 aromatic carbocycles. The fourth-order valence-corrected chi connectivity index (χ4v) is 2.93. The standard InChI is InChI=1S/C17H20F3N7O/c1-11-13(4-5-14(28)22-6-3-8-26-9-7-21-10-26)12(2)27-16(23-11)24-15(25-27)17(18,19)20/h7,9-10H,3-6,8H2,1-2H3,(H,22,28). The number of halogens is 3. The number of carbonyl (C=O) groups is 1. The number of aromatic nitrogens is 6. The maximum atomic E-state index is 12.8. The topological polar surface area (TPSA) is 90.0 Å². The first-order valence-electron chi connectivity index (χ1n) is 8.78. The van der Waals surface area contributed by atoms with Crippen molar-refractivity contribution in [3.05, 3.63) is 41.5 Å². The van der Waals surface area contributed by atoms with Gasteiger partial charge >= 0.3 is 6.18 Å². The number of hydrogen-bond donors (Lipinski definition) is 1. The molecule has 1 amide bonds. The van der Waals surface area contributed by atoms with Crippen LogP contribution in [0.15, 0.2) is 18.7 Å². The van der Waals surface area contributed by atoms with Crippen LogP contribution in [0, 0.1) is 13.8 Å². The molecule has 0 radical (unpaired) electrons. The predicted octanol–water partition coefficient (Wildman–Crippen LogP) is 2.10. The lowest BCUT2D eigenvalue weighted by molar-refractivity contribution is -0.144. The Balaban J connectivity index is 1.59. The summed E-state index contributed by atoms with van der Waals surface area (Å²) in [6, 6.07) is 0. The third-order valence-corrected chi connectivity index (χ3v) is 4.38. The van der Waals surface area contributed by atoms with Crippen molar-refractivity contribution in [1.82, 2.24) is 34.4 Å². The second kappa shape index (κ2) is 7.95. The van der Waals surface area contributed by atoms with Crippen molar-refractivity contribution in [1.29, 1.82) is 0 Å². The Labute approximate surface area is 158 Å². The molecule has 1 N–H and O–H groups in total. The second-order valence-corrected chi connectivity index (χ2v) is 6.41. The van der Waals surface area contributed by atoms with Crippen LogP contribution in [0.3, 0.4) is 0 Å². The molecule has 3 heterocycles. The molecule has 0 saturated carbocycles. The van der Waals surface area contributed by atoms with Gasteiger partial charge in [0.25, 0.3) is 11.6 Å². The third kappa shape index (κ3) is 4.46. The van der Waals surface area contributed by atoms with Crippen LogP contribution >= 0.6 is 0 Å². The van der Waals surface area contributed by atoms with E-state index in [1.54, 1.807) is 26.4 Å². The molecule has 0 saturated heterocycles. The zero-order chi connectivity index (χ0) is 20.3. The summed E-state index contributed by atoms with van der Waals surface area (Å²) < 4.78 is 41.5. The van der Waals surface area contributed by atoms with Crippen LogP contribution in [-0.2, 0) is 23.9 Å². The number of rotatable bonds is 7. The highest BCUT2D eigenvalue weighted by Crippen LogP contribution is 2.27. The van der Waals surface area contributed by atoms with Crippen LogP contribution in [0.5, 0.6) is 0 Å². The van der Waals surface area contributed by atoms with Gasteiger partial charge in [-0.15, -0.1) is 5.10 Å². The number of hydrogen-bond acceptors (Lipinski definition) is 5. The Hall–Kier alpha value is -2.98. The molecule has 3 rings (SSSR count).